The zero-order chi connectivity index (χ0) is 19.6. The minimum Gasteiger partial charge on any atom is -0.504 e. The van der Waals surface area contributed by atoms with Crippen molar-refractivity contribution >= 4 is 44.6 Å². The maximum atomic E-state index is 11.8. The van der Waals surface area contributed by atoms with E-state index in [-0.39, 0.29) is 15.9 Å². The van der Waals surface area contributed by atoms with Gasteiger partial charge in [0, 0.05) is 0 Å². The quantitative estimate of drug-likeness (QED) is 0.716. The Bertz CT molecular complexity index is 1060. The van der Waals surface area contributed by atoms with Crippen LogP contribution in [0.5, 0.6) is 11.5 Å². The molecular weight excluding hydrogens is 390 g/mol. The van der Waals surface area contributed by atoms with Crippen molar-refractivity contribution in [1.82, 2.24) is 5.32 Å². The third kappa shape index (κ3) is 4.48. The van der Waals surface area contributed by atoms with E-state index in [9.17, 15) is 18.3 Å². The van der Waals surface area contributed by atoms with Crippen LogP contribution in [-0.4, -0.2) is 31.7 Å². The van der Waals surface area contributed by atoms with Gasteiger partial charge in [-0.05, 0) is 59.8 Å². The molecule has 2 aromatic rings. The molecular formula is C17H15N3O5S2. The average Bonchev–Trinajstić information content (AvgIpc) is 2.94. The molecule has 1 aliphatic heterocycles. The molecule has 27 heavy (non-hydrogen) atoms. The Morgan fingerprint density at radius 1 is 1.22 bits per heavy atom. The van der Waals surface area contributed by atoms with Crippen LogP contribution >= 0.6 is 11.8 Å². The van der Waals surface area contributed by atoms with Crippen molar-refractivity contribution in [3.05, 3.63) is 52.9 Å². The molecule has 0 aliphatic carbocycles. The zero-order valence-electron chi connectivity index (χ0n) is 14.0. The van der Waals surface area contributed by atoms with E-state index in [1.807, 2.05) is 0 Å². The number of ether oxygens (including phenoxy) is 1. The summed E-state index contributed by atoms with van der Waals surface area (Å²) in [6.07, 6.45) is 1.69. The van der Waals surface area contributed by atoms with Crippen LogP contribution in [0.3, 0.4) is 0 Å². The second-order valence-electron chi connectivity index (χ2n) is 5.45. The number of phenolic OH excluding ortho intramolecular Hbond substituents is 1. The molecule has 0 radical (unpaired) electrons. The number of carbonyl (C=O) groups is 1. The van der Waals surface area contributed by atoms with Gasteiger partial charge in [-0.25, -0.2) is 18.5 Å². The van der Waals surface area contributed by atoms with Crippen LogP contribution in [0.25, 0.3) is 6.08 Å². The second-order valence-corrected chi connectivity index (χ2v) is 8.03. The number of nitrogens with two attached hydrogens (primary N) is 1. The van der Waals surface area contributed by atoms with E-state index in [1.54, 1.807) is 18.2 Å². The predicted molar refractivity (Wildman–Crippen MR) is 104 cm³/mol. The number of aliphatic imine (C=N–C) groups is 1. The zero-order valence-corrected chi connectivity index (χ0v) is 15.7. The summed E-state index contributed by atoms with van der Waals surface area (Å²) in [4.78, 5) is 16.6. The second kappa shape index (κ2) is 7.43. The predicted octanol–water partition coefficient (Wildman–Crippen LogP) is 2.58. The van der Waals surface area contributed by atoms with Crippen LogP contribution in [0.15, 0.2) is 57.3 Å². The van der Waals surface area contributed by atoms with Gasteiger partial charge < -0.3 is 15.2 Å². The molecule has 1 amide bonds. The maximum absolute atomic E-state index is 11.8. The van der Waals surface area contributed by atoms with Gasteiger partial charge in [-0.3, -0.25) is 4.79 Å². The average molecular weight is 405 g/mol. The number of carbonyl (C=O) groups excluding carboxylic acids is 1. The Labute approximate surface area is 159 Å². The van der Waals surface area contributed by atoms with E-state index < -0.39 is 10.0 Å². The van der Waals surface area contributed by atoms with Crippen molar-refractivity contribution < 1.29 is 23.1 Å². The number of primary sulfonamides is 1. The number of amides is 1. The molecule has 0 aromatic heterocycles. The SMILES string of the molecule is COc1ccc(/C=C2\SC(=O)NC2=Nc2ccc(S(N)(=O)=O)cc2)cc1O. The number of nitrogens with zero attached hydrogens (tertiary/aromatic N) is 1. The van der Waals surface area contributed by atoms with E-state index in [1.165, 1.54) is 37.4 Å². The first-order valence-corrected chi connectivity index (χ1v) is 9.92. The summed E-state index contributed by atoms with van der Waals surface area (Å²) < 4.78 is 27.6. The fourth-order valence-electron chi connectivity index (χ4n) is 2.30. The number of hydrogen-bond acceptors (Lipinski definition) is 7. The van der Waals surface area contributed by atoms with Gasteiger partial charge in [-0.15, -0.1) is 0 Å². The fraction of sp³-hybridized carbons (Fsp3) is 0.0588. The molecule has 8 nitrogen and oxygen atoms in total. The minimum absolute atomic E-state index is 0.0220. The highest BCUT2D eigenvalue weighted by atomic mass is 32.2. The Morgan fingerprint density at radius 2 is 1.93 bits per heavy atom. The number of rotatable bonds is 4. The highest BCUT2D eigenvalue weighted by Gasteiger charge is 2.23. The van der Waals surface area contributed by atoms with Crippen LogP contribution in [0.4, 0.5) is 10.5 Å². The fourth-order valence-corrected chi connectivity index (χ4v) is 3.55. The normalized spacial score (nSPS) is 17.3. The summed E-state index contributed by atoms with van der Waals surface area (Å²) in [7, 11) is -2.33. The van der Waals surface area contributed by atoms with Gasteiger partial charge in [0.1, 0.15) is 5.84 Å². The molecule has 1 fully saturated rings. The van der Waals surface area contributed by atoms with E-state index in [0.717, 1.165) is 11.8 Å². The van der Waals surface area contributed by atoms with Gasteiger partial charge in [0.15, 0.2) is 11.5 Å². The van der Waals surface area contributed by atoms with Crippen molar-refractivity contribution in [2.24, 2.45) is 10.1 Å². The summed E-state index contributed by atoms with van der Waals surface area (Å²) in [6, 6.07) is 10.5. The van der Waals surface area contributed by atoms with E-state index in [0.29, 0.717) is 27.7 Å². The molecule has 0 saturated carbocycles. The first-order chi connectivity index (χ1) is 12.8. The van der Waals surface area contributed by atoms with Crippen molar-refractivity contribution in [1.29, 1.82) is 0 Å². The number of hydrogen-bond donors (Lipinski definition) is 3. The Kier molecular flexibility index (Phi) is 5.22. The topological polar surface area (TPSA) is 131 Å². The van der Waals surface area contributed by atoms with Crippen LogP contribution in [0.1, 0.15) is 5.56 Å². The first-order valence-electron chi connectivity index (χ1n) is 7.56. The summed E-state index contributed by atoms with van der Waals surface area (Å²) in [5.41, 5.74) is 1.10. The number of sulfonamides is 1. The van der Waals surface area contributed by atoms with Crippen LogP contribution in [0.2, 0.25) is 0 Å². The van der Waals surface area contributed by atoms with Crippen molar-refractivity contribution in [2.45, 2.75) is 4.90 Å². The van der Waals surface area contributed by atoms with Crippen LogP contribution in [-0.2, 0) is 10.0 Å². The number of nitrogens with one attached hydrogen (secondary N) is 1. The molecule has 1 saturated heterocycles. The summed E-state index contributed by atoms with van der Waals surface area (Å²) in [5.74, 6) is 0.643. The summed E-state index contributed by atoms with van der Waals surface area (Å²) >= 11 is 0.962. The molecule has 4 N–H and O–H groups in total. The number of amidine groups is 1. The van der Waals surface area contributed by atoms with Crippen LogP contribution in [0, 0.1) is 0 Å². The number of aromatic hydroxyl groups is 1. The highest BCUT2D eigenvalue weighted by molar-refractivity contribution is 8.18. The van der Waals surface area contributed by atoms with E-state index >= 15 is 0 Å². The third-order valence-electron chi connectivity index (χ3n) is 3.56. The van der Waals surface area contributed by atoms with Crippen molar-refractivity contribution in [2.75, 3.05) is 7.11 Å². The van der Waals surface area contributed by atoms with Gasteiger partial charge >= 0.3 is 0 Å². The van der Waals surface area contributed by atoms with Gasteiger partial charge in [0.05, 0.1) is 22.6 Å². The maximum Gasteiger partial charge on any atom is 0.289 e. The van der Waals surface area contributed by atoms with Crippen molar-refractivity contribution in [3.63, 3.8) is 0 Å². The summed E-state index contributed by atoms with van der Waals surface area (Å²) in [6.45, 7) is 0. The number of thioether (sulfide) groups is 1. The number of benzene rings is 2. The first kappa shape index (κ1) is 19.0. The lowest BCUT2D eigenvalue weighted by molar-refractivity contribution is 0.265. The standard InChI is InChI=1S/C17H15N3O5S2/c1-25-14-7-2-10(8-13(14)21)9-15-16(20-17(22)26-15)19-11-3-5-12(6-4-11)27(18,23)24/h2-9,21H,1H3,(H2,18,23,24)(H,19,20,22)/b15-9-. The molecule has 0 unspecified atom stereocenters. The third-order valence-corrected chi connectivity index (χ3v) is 5.31. The molecule has 140 valence electrons. The monoisotopic (exact) mass is 405 g/mol. The Morgan fingerprint density at radius 3 is 2.52 bits per heavy atom. The smallest absolute Gasteiger partial charge is 0.289 e. The molecule has 0 bridgehead atoms. The van der Waals surface area contributed by atoms with E-state index in [4.69, 9.17) is 9.88 Å². The largest absolute Gasteiger partial charge is 0.504 e. The molecule has 2 aromatic carbocycles. The summed E-state index contributed by atoms with van der Waals surface area (Å²) in [5, 5.41) is 17.3. The molecule has 10 heteroatoms. The van der Waals surface area contributed by atoms with Crippen LogP contribution < -0.4 is 15.2 Å². The van der Waals surface area contributed by atoms with Gasteiger partial charge in [-0.1, -0.05) is 6.07 Å². The molecule has 1 aliphatic rings. The molecule has 0 atom stereocenters. The van der Waals surface area contributed by atoms with Gasteiger partial charge in [0.2, 0.25) is 10.0 Å². The Balaban J connectivity index is 1.93. The molecule has 0 spiro atoms. The lowest BCUT2D eigenvalue weighted by Gasteiger charge is -2.04. The van der Waals surface area contributed by atoms with Crippen molar-refractivity contribution in [3.8, 4) is 11.5 Å². The highest BCUT2D eigenvalue weighted by Crippen LogP contribution is 2.31. The Hall–Kier alpha value is -2.82. The molecule has 1 heterocycles. The van der Waals surface area contributed by atoms with Gasteiger partial charge in [0.25, 0.3) is 5.24 Å². The minimum atomic E-state index is -3.78. The number of methoxy groups -OCH3 is 1. The molecule has 3 rings (SSSR count). The lowest BCUT2D eigenvalue weighted by Crippen LogP contribution is -2.18. The number of phenols is 1. The van der Waals surface area contributed by atoms with Gasteiger partial charge in [-0.2, -0.15) is 0 Å². The lowest BCUT2D eigenvalue weighted by atomic mass is 10.2. The van der Waals surface area contributed by atoms with E-state index in [2.05, 4.69) is 10.3 Å².